The van der Waals surface area contributed by atoms with Crippen LogP contribution in [0.2, 0.25) is 0 Å². The number of nitrogens with two attached hydrogens (primary N) is 1. The molecule has 1 unspecified atom stereocenters. The van der Waals surface area contributed by atoms with Crippen molar-refractivity contribution in [3.05, 3.63) is 35.4 Å². The van der Waals surface area contributed by atoms with E-state index in [2.05, 4.69) is 5.43 Å². The van der Waals surface area contributed by atoms with E-state index in [-0.39, 0.29) is 6.42 Å². The molecule has 3 N–H and O–H groups in total. The summed E-state index contributed by atoms with van der Waals surface area (Å²) in [4.78, 5) is 0. The monoisotopic (exact) mass is 246 g/mol. The highest BCUT2D eigenvalue weighted by Crippen LogP contribution is 2.12. The summed E-state index contributed by atoms with van der Waals surface area (Å²) in [6, 6.07) is 2.91. The number of rotatable bonds is 6. The van der Waals surface area contributed by atoms with Crippen LogP contribution in [-0.2, 0) is 15.9 Å². The van der Waals surface area contributed by atoms with Crippen LogP contribution >= 0.6 is 0 Å². The highest BCUT2D eigenvalue weighted by atomic mass is 19.1. The summed E-state index contributed by atoms with van der Waals surface area (Å²) in [5, 5.41) is 0. The van der Waals surface area contributed by atoms with Gasteiger partial charge in [-0.25, -0.2) is 8.78 Å². The van der Waals surface area contributed by atoms with Crippen LogP contribution in [0.1, 0.15) is 5.56 Å². The largest absolute Gasteiger partial charge is 0.354 e. The first-order valence-electron chi connectivity index (χ1n) is 5.07. The lowest BCUT2D eigenvalue weighted by molar-refractivity contribution is -0.122. The van der Waals surface area contributed by atoms with E-state index in [1.807, 2.05) is 0 Å². The van der Waals surface area contributed by atoms with Gasteiger partial charge in [0.15, 0.2) is 6.29 Å². The first-order chi connectivity index (χ1) is 8.10. The summed E-state index contributed by atoms with van der Waals surface area (Å²) in [6.45, 7) is 0. The van der Waals surface area contributed by atoms with E-state index in [9.17, 15) is 8.78 Å². The van der Waals surface area contributed by atoms with Crippen molar-refractivity contribution in [2.45, 2.75) is 18.8 Å². The predicted octanol–water partition coefficient (Wildman–Crippen LogP) is 0.958. The second-order valence-corrected chi connectivity index (χ2v) is 3.59. The van der Waals surface area contributed by atoms with Crippen molar-refractivity contribution in [3.8, 4) is 0 Å². The Morgan fingerprint density at radius 3 is 2.12 bits per heavy atom. The first-order valence-corrected chi connectivity index (χ1v) is 5.07. The van der Waals surface area contributed by atoms with Crippen LogP contribution in [0.15, 0.2) is 18.2 Å². The van der Waals surface area contributed by atoms with Gasteiger partial charge in [-0.1, -0.05) is 0 Å². The average Bonchev–Trinajstić information content (AvgIpc) is 2.27. The number of ether oxygens (including phenoxy) is 2. The van der Waals surface area contributed by atoms with Gasteiger partial charge in [-0.2, -0.15) is 0 Å². The van der Waals surface area contributed by atoms with Crippen molar-refractivity contribution in [3.63, 3.8) is 0 Å². The number of hydrogen-bond donors (Lipinski definition) is 2. The highest BCUT2D eigenvalue weighted by Gasteiger charge is 2.20. The van der Waals surface area contributed by atoms with Crippen LogP contribution in [0, 0.1) is 11.6 Å². The number of halogens is 2. The molecule has 0 aliphatic heterocycles. The average molecular weight is 246 g/mol. The molecule has 1 aromatic rings. The van der Waals surface area contributed by atoms with Gasteiger partial charge < -0.3 is 9.47 Å². The maximum Gasteiger partial charge on any atom is 0.173 e. The molecule has 0 bridgehead atoms. The zero-order valence-electron chi connectivity index (χ0n) is 9.74. The molecule has 0 aliphatic carbocycles. The van der Waals surface area contributed by atoms with Crippen LogP contribution in [0.4, 0.5) is 8.78 Å². The van der Waals surface area contributed by atoms with Crippen LogP contribution in [-0.4, -0.2) is 26.6 Å². The smallest absolute Gasteiger partial charge is 0.173 e. The van der Waals surface area contributed by atoms with Crippen molar-refractivity contribution in [2.24, 2.45) is 5.84 Å². The molecule has 4 nitrogen and oxygen atoms in total. The SMILES string of the molecule is COC(OC)C(Cc1cc(F)cc(F)c1)NN. The predicted molar refractivity (Wildman–Crippen MR) is 59.0 cm³/mol. The molecule has 1 atom stereocenters. The second kappa shape index (κ2) is 6.61. The third-order valence-electron chi connectivity index (χ3n) is 2.39. The minimum absolute atomic E-state index is 0.289. The van der Waals surface area contributed by atoms with Crippen molar-refractivity contribution < 1.29 is 18.3 Å². The molecule has 0 spiro atoms. The zero-order chi connectivity index (χ0) is 12.8. The highest BCUT2D eigenvalue weighted by molar-refractivity contribution is 5.19. The fourth-order valence-electron chi connectivity index (χ4n) is 1.64. The summed E-state index contributed by atoms with van der Waals surface area (Å²) < 4.78 is 36.1. The van der Waals surface area contributed by atoms with Gasteiger partial charge in [0.25, 0.3) is 0 Å². The minimum Gasteiger partial charge on any atom is -0.354 e. The van der Waals surface area contributed by atoms with E-state index in [4.69, 9.17) is 15.3 Å². The molecule has 0 saturated carbocycles. The number of hydrazine groups is 1. The summed E-state index contributed by atoms with van der Waals surface area (Å²) in [5.74, 6) is 4.11. The fraction of sp³-hybridized carbons (Fsp3) is 0.455. The third kappa shape index (κ3) is 4.01. The molecule has 1 rings (SSSR count). The Labute approximate surface area is 98.7 Å². The van der Waals surface area contributed by atoms with Gasteiger partial charge in [-0.05, 0) is 24.1 Å². The van der Waals surface area contributed by atoms with Gasteiger partial charge in [0.2, 0.25) is 0 Å². The lowest BCUT2D eigenvalue weighted by atomic mass is 10.1. The fourth-order valence-corrected chi connectivity index (χ4v) is 1.64. The number of nitrogens with one attached hydrogen (secondary N) is 1. The molecule has 6 heteroatoms. The molecular formula is C11H16F2N2O2. The van der Waals surface area contributed by atoms with Gasteiger partial charge >= 0.3 is 0 Å². The van der Waals surface area contributed by atoms with Crippen LogP contribution in [0.5, 0.6) is 0 Å². The molecular weight excluding hydrogens is 230 g/mol. The number of hydrogen-bond acceptors (Lipinski definition) is 4. The van der Waals surface area contributed by atoms with E-state index >= 15 is 0 Å². The number of benzene rings is 1. The molecule has 17 heavy (non-hydrogen) atoms. The van der Waals surface area contributed by atoms with E-state index in [0.717, 1.165) is 6.07 Å². The molecule has 96 valence electrons. The Morgan fingerprint density at radius 1 is 1.18 bits per heavy atom. The number of methoxy groups -OCH3 is 2. The quantitative estimate of drug-likeness (QED) is 0.446. The topological polar surface area (TPSA) is 56.5 Å². The van der Waals surface area contributed by atoms with Gasteiger partial charge in [0.05, 0.1) is 6.04 Å². The Morgan fingerprint density at radius 2 is 1.71 bits per heavy atom. The van der Waals surface area contributed by atoms with Gasteiger partial charge in [0, 0.05) is 20.3 Å². The summed E-state index contributed by atoms with van der Waals surface area (Å²) in [6.07, 6.45) is -0.302. The van der Waals surface area contributed by atoms with Gasteiger partial charge in [0.1, 0.15) is 11.6 Å². The van der Waals surface area contributed by atoms with Crippen LogP contribution in [0.3, 0.4) is 0 Å². The Hall–Kier alpha value is -1.08. The maximum absolute atomic E-state index is 13.0. The molecule has 1 aromatic carbocycles. The van der Waals surface area contributed by atoms with E-state index < -0.39 is 24.0 Å². The van der Waals surface area contributed by atoms with Gasteiger partial charge in [-0.3, -0.25) is 11.3 Å². The van der Waals surface area contributed by atoms with E-state index in [1.54, 1.807) is 0 Å². The lowest BCUT2D eigenvalue weighted by Gasteiger charge is -2.24. The van der Waals surface area contributed by atoms with Crippen molar-refractivity contribution >= 4 is 0 Å². The summed E-state index contributed by atoms with van der Waals surface area (Å²) in [5.41, 5.74) is 2.97. The Bertz CT molecular complexity index is 339. The molecule has 0 saturated heterocycles. The first kappa shape index (κ1) is 14.0. The van der Waals surface area contributed by atoms with E-state index in [0.29, 0.717) is 5.56 Å². The Kier molecular flexibility index (Phi) is 5.43. The lowest BCUT2D eigenvalue weighted by Crippen LogP contribution is -2.47. The van der Waals surface area contributed by atoms with E-state index in [1.165, 1.54) is 26.4 Å². The van der Waals surface area contributed by atoms with Gasteiger partial charge in [-0.15, -0.1) is 0 Å². The zero-order valence-corrected chi connectivity index (χ0v) is 9.74. The van der Waals surface area contributed by atoms with Crippen LogP contribution in [0.25, 0.3) is 0 Å². The molecule has 0 aromatic heterocycles. The third-order valence-corrected chi connectivity index (χ3v) is 2.39. The van der Waals surface area contributed by atoms with Crippen LogP contribution < -0.4 is 11.3 Å². The minimum atomic E-state index is -0.623. The standard InChI is InChI=1S/C11H16F2N2O2/c1-16-11(17-2)10(15-14)5-7-3-8(12)6-9(13)4-7/h3-4,6,10-11,15H,5,14H2,1-2H3. The summed E-state index contributed by atoms with van der Waals surface area (Å²) in [7, 11) is 2.93. The maximum atomic E-state index is 13.0. The second-order valence-electron chi connectivity index (χ2n) is 3.59. The summed E-state index contributed by atoms with van der Waals surface area (Å²) >= 11 is 0. The molecule has 0 amide bonds. The molecule has 0 aliphatic rings. The Balaban J connectivity index is 2.79. The normalized spacial score (nSPS) is 13.1. The van der Waals surface area contributed by atoms with Crippen molar-refractivity contribution in [1.82, 2.24) is 5.43 Å². The van der Waals surface area contributed by atoms with Crippen molar-refractivity contribution in [1.29, 1.82) is 0 Å². The molecule has 0 radical (unpaired) electrons. The molecule has 0 fully saturated rings. The van der Waals surface area contributed by atoms with Crippen molar-refractivity contribution in [2.75, 3.05) is 14.2 Å². The molecule has 0 heterocycles.